The number of rotatable bonds is 4. The minimum atomic E-state index is 0.516. The van der Waals surface area contributed by atoms with Crippen molar-refractivity contribution >= 4 is 17.6 Å². The first kappa shape index (κ1) is 14.7. The number of hydrogen-bond acceptors (Lipinski definition) is 4. The van der Waals surface area contributed by atoms with E-state index in [4.69, 9.17) is 4.98 Å². The predicted molar refractivity (Wildman–Crippen MR) is 85.1 cm³/mol. The van der Waals surface area contributed by atoms with Gasteiger partial charge in [0.25, 0.3) is 0 Å². The molecule has 3 nitrogen and oxygen atoms in total. The fraction of sp³-hybridized carbons (Fsp3) is 0.667. The Morgan fingerprint density at radius 1 is 1.47 bits per heavy atom. The van der Waals surface area contributed by atoms with Gasteiger partial charge in [0.1, 0.15) is 5.82 Å². The summed E-state index contributed by atoms with van der Waals surface area (Å²) in [5.74, 6) is 3.56. The Bertz CT molecular complexity index is 420. The third-order valence-corrected chi connectivity index (χ3v) is 4.57. The molecule has 1 fully saturated rings. The number of nitrogens with zero attached hydrogens (tertiary/aromatic N) is 2. The number of aryl methyl sites for hydroxylation is 1. The van der Waals surface area contributed by atoms with E-state index in [9.17, 15) is 0 Å². The van der Waals surface area contributed by atoms with Gasteiger partial charge >= 0.3 is 0 Å². The lowest BCUT2D eigenvalue weighted by Crippen LogP contribution is -2.41. The molecule has 4 heteroatoms. The second-order valence-corrected chi connectivity index (χ2v) is 6.78. The Morgan fingerprint density at radius 3 is 2.95 bits per heavy atom. The van der Waals surface area contributed by atoms with Gasteiger partial charge in [0.05, 0.1) is 0 Å². The van der Waals surface area contributed by atoms with Gasteiger partial charge in [-0.2, -0.15) is 11.8 Å². The van der Waals surface area contributed by atoms with Crippen LogP contribution < -0.4 is 10.2 Å². The van der Waals surface area contributed by atoms with E-state index in [1.165, 1.54) is 17.1 Å². The van der Waals surface area contributed by atoms with Crippen molar-refractivity contribution in [2.45, 2.75) is 46.3 Å². The second kappa shape index (κ2) is 6.62. The van der Waals surface area contributed by atoms with Crippen molar-refractivity contribution in [2.24, 2.45) is 0 Å². The van der Waals surface area contributed by atoms with Crippen molar-refractivity contribution in [1.82, 2.24) is 10.3 Å². The van der Waals surface area contributed by atoms with Crippen LogP contribution in [0.15, 0.2) is 12.1 Å². The van der Waals surface area contributed by atoms with Crippen molar-refractivity contribution in [2.75, 3.05) is 23.0 Å². The van der Waals surface area contributed by atoms with Crippen LogP contribution in [-0.4, -0.2) is 35.1 Å². The van der Waals surface area contributed by atoms with Crippen LogP contribution in [-0.2, 0) is 6.54 Å². The van der Waals surface area contributed by atoms with Gasteiger partial charge in [0, 0.05) is 42.4 Å². The third kappa shape index (κ3) is 4.11. The molecule has 1 N–H and O–H groups in total. The summed E-state index contributed by atoms with van der Waals surface area (Å²) in [6.07, 6.45) is 0. The van der Waals surface area contributed by atoms with Crippen LogP contribution in [0.2, 0.25) is 0 Å². The second-order valence-electron chi connectivity index (χ2n) is 5.63. The molecule has 0 amide bonds. The average molecular weight is 279 g/mol. The van der Waals surface area contributed by atoms with E-state index < -0.39 is 0 Å². The number of anilines is 1. The van der Waals surface area contributed by atoms with Gasteiger partial charge in [-0.15, -0.1) is 0 Å². The summed E-state index contributed by atoms with van der Waals surface area (Å²) < 4.78 is 0. The van der Waals surface area contributed by atoms with Crippen LogP contribution >= 0.6 is 11.8 Å². The molecular formula is C15H25N3S. The van der Waals surface area contributed by atoms with Crippen LogP contribution in [0.5, 0.6) is 0 Å². The summed E-state index contributed by atoms with van der Waals surface area (Å²) in [6, 6.07) is 5.53. The van der Waals surface area contributed by atoms with Crippen LogP contribution in [0, 0.1) is 6.92 Å². The summed E-state index contributed by atoms with van der Waals surface area (Å²) >= 11 is 2.04. The molecule has 1 aliphatic rings. The Kier molecular flexibility index (Phi) is 5.11. The minimum absolute atomic E-state index is 0.516. The van der Waals surface area contributed by atoms with Gasteiger partial charge in [0.15, 0.2) is 0 Å². The lowest BCUT2D eigenvalue weighted by Gasteiger charge is -2.34. The van der Waals surface area contributed by atoms with E-state index in [-0.39, 0.29) is 0 Å². The summed E-state index contributed by atoms with van der Waals surface area (Å²) in [4.78, 5) is 7.17. The number of pyridine rings is 1. The highest BCUT2D eigenvalue weighted by atomic mass is 32.2. The van der Waals surface area contributed by atoms with Crippen molar-refractivity contribution in [3.8, 4) is 0 Å². The van der Waals surface area contributed by atoms with Gasteiger partial charge in [-0.3, -0.25) is 0 Å². The molecule has 0 spiro atoms. The Labute approximate surface area is 121 Å². The standard InChI is InChI=1S/C15H25N3S/c1-11(2)16-9-14-7-12(3)17-15(8-14)18-5-6-19-10-13(18)4/h7-8,11,13,16H,5-6,9-10H2,1-4H3. The Hall–Kier alpha value is -0.740. The number of aromatic nitrogens is 1. The van der Waals surface area contributed by atoms with E-state index in [2.05, 4.69) is 50.0 Å². The summed E-state index contributed by atoms with van der Waals surface area (Å²) in [5.41, 5.74) is 2.45. The molecular weight excluding hydrogens is 254 g/mol. The Balaban J connectivity index is 2.15. The molecule has 1 saturated heterocycles. The van der Waals surface area contributed by atoms with Gasteiger partial charge in [-0.25, -0.2) is 4.98 Å². The number of hydrogen-bond donors (Lipinski definition) is 1. The van der Waals surface area contributed by atoms with Crippen molar-refractivity contribution < 1.29 is 0 Å². The molecule has 19 heavy (non-hydrogen) atoms. The third-order valence-electron chi connectivity index (χ3n) is 3.38. The topological polar surface area (TPSA) is 28.2 Å². The largest absolute Gasteiger partial charge is 0.352 e. The molecule has 1 unspecified atom stereocenters. The fourth-order valence-corrected chi connectivity index (χ4v) is 3.37. The van der Waals surface area contributed by atoms with Gasteiger partial charge in [-0.1, -0.05) is 13.8 Å². The molecule has 2 rings (SSSR count). The zero-order chi connectivity index (χ0) is 13.8. The predicted octanol–water partition coefficient (Wildman–Crippen LogP) is 2.83. The van der Waals surface area contributed by atoms with E-state index >= 15 is 0 Å². The van der Waals surface area contributed by atoms with Crippen molar-refractivity contribution in [3.05, 3.63) is 23.4 Å². The highest BCUT2D eigenvalue weighted by Gasteiger charge is 2.20. The maximum atomic E-state index is 4.72. The van der Waals surface area contributed by atoms with Gasteiger partial charge in [-0.05, 0) is 31.5 Å². The van der Waals surface area contributed by atoms with Crippen LogP contribution in [0.25, 0.3) is 0 Å². The molecule has 106 valence electrons. The zero-order valence-electron chi connectivity index (χ0n) is 12.4. The van der Waals surface area contributed by atoms with E-state index in [0.717, 1.165) is 24.6 Å². The molecule has 0 saturated carbocycles. The highest BCUT2D eigenvalue weighted by molar-refractivity contribution is 7.99. The maximum absolute atomic E-state index is 4.72. The van der Waals surface area contributed by atoms with Crippen LogP contribution in [0.3, 0.4) is 0 Å². The monoisotopic (exact) mass is 279 g/mol. The van der Waals surface area contributed by atoms with E-state index in [1.54, 1.807) is 0 Å². The first-order valence-corrected chi connectivity index (χ1v) is 8.27. The first-order chi connectivity index (χ1) is 9.06. The fourth-order valence-electron chi connectivity index (χ4n) is 2.36. The summed E-state index contributed by atoms with van der Waals surface area (Å²) in [7, 11) is 0. The SMILES string of the molecule is Cc1cc(CNC(C)C)cc(N2CCSCC2C)n1. The molecule has 0 bridgehead atoms. The summed E-state index contributed by atoms with van der Waals surface area (Å²) in [6.45, 7) is 10.8. The smallest absolute Gasteiger partial charge is 0.129 e. The van der Waals surface area contributed by atoms with Crippen LogP contribution in [0.4, 0.5) is 5.82 Å². The molecule has 1 atom stereocenters. The quantitative estimate of drug-likeness (QED) is 0.917. The van der Waals surface area contributed by atoms with E-state index in [0.29, 0.717) is 12.1 Å². The maximum Gasteiger partial charge on any atom is 0.129 e. The lowest BCUT2D eigenvalue weighted by atomic mass is 10.2. The molecule has 0 aliphatic carbocycles. The first-order valence-electron chi connectivity index (χ1n) is 7.11. The molecule has 2 heterocycles. The summed E-state index contributed by atoms with van der Waals surface area (Å²) in [5, 5.41) is 3.48. The average Bonchev–Trinajstić information content (AvgIpc) is 2.36. The highest BCUT2D eigenvalue weighted by Crippen LogP contribution is 2.23. The molecule has 0 radical (unpaired) electrons. The Morgan fingerprint density at radius 2 is 2.26 bits per heavy atom. The molecule has 0 aromatic carbocycles. The molecule has 1 aromatic heterocycles. The molecule has 1 aliphatic heterocycles. The van der Waals surface area contributed by atoms with Crippen LogP contribution in [0.1, 0.15) is 32.0 Å². The number of thioether (sulfide) groups is 1. The minimum Gasteiger partial charge on any atom is -0.352 e. The van der Waals surface area contributed by atoms with Crippen molar-refractivity contribution in [1.29, 1.82) is 0 Å². The zero-order valence-corrected chi connectivity index (χ0v) is 13.3. The van der Waals surface area contributed by atoms with Gasteiger partial charge in [0.2, 0.25) is 0 Å². The normalized spacial score (nSPS) is 20.1. The van der Waals surface area contributed by atoms with Gasteiger partial charge < -0.3 is 10.2 Å². The van der Waals surface area contributed by atoms with Crippen molar-refractivity contribution in [3.63, 3.8) is 0 Å². The van der Waals surface area contributed by atoms with E-state index in [1.807, 2.05) is 11.8 Å². The number of nitrogens with one attached hydrogen (secondary N) is 1. The molecule has 1 aromatic rings. The lowest BCUT2D eigenvalue weighted by molar-refractivity contribution is 0.587.